The van der Waals surface area contributed by atoms with Crippen LogP contribution in [0.4, 0.5) is 0 Å². The molecule has 0 atom stereocenters. The molecule has 0 bridgehead atoms. The summed E-state index contributed by atoms with van der Waals surface area (Å²) >= 11 is 0. The van der Waals surface area contributed by atoms with Crippen LogP contribution in [0, 0.1) is 0 Å². The Labute approximate surface area is 125 Å². The van der Waals surface area contributed by atoms with Crippen molar-refractivity contribution in [3.63, 3.8) is 0 Å². The topological polar surface area (TPSA) is 57.5 Å². The Morgan fingerprint density at radius 2 is 2.05 bits per heavy atom. The lowest BCUT2D eigenvalue weighted by Gasteiger charge is -2.29. The molecule has 1 amide bonds. The van der Waals surface area contributed by atoms with E-state index in [1.807, 2.05) is 18.3 Å². The zero-order valence-corrected chi connectivity index (χ0v) is 12.5. The third kappa shape index (κ3) is 3.86. The van der Waals surface area contributed by atoms with E-state index in [0.29, 0.717) is 12.6 Å². The number of aliphatic hydroxyl groups excluding tert-OH is 1. The van der Waals surface area contributed by atoms with Crippen molar-refractivity contribution in [3.05, 3.63) is 24.0 Å². The Bertz CT molecular complexity index is 474. The van der Waals surface area contributed by atoms with Gasteiger partial charge in [0.25, 0.3) is 5.91 Å². The van der Waals surface area contributed by atoms with Gasteiger partial charge in [0.1, 0.15) is 5.69 Å². The summed E-state index contributed by atoms with van der Waals surface area (Å²) in [5.74, 6) is 0.0426. The highest BCUT2D eigenvalue weighted by atomic mass is 16.3. The third-order valence-corrected chi connectivity index (χ3v) is 4.45. The Hall–Kier alpha value is -1.33. The summed E-state index contributed by atoms with van der Waals surface area (Å²) in [6, 6.07) is 4.40. The highest BCUT2D eigenvalue weighted by Crippen LogP contribution is 2.35. The number of aliphatic hydroxyl groups is 1. The number of carbonyl (C=O) groups is 1. The minimum absolute atomic E-state index is 0.0426. The van der Waals surface area contributed by atoms with Gasteiger partial charge in [-0.1, -0.05) is 0 Å². The minimum atomic E-state index is -0.115. The molecular formula is C16H25N3O2. The van der Waals surface area contributed by atoms with Crippen LogP contribution in [0.2, 0.25) is 0 Å². The minimum Gasteiger partial charge on any atom is -0.393 e. The van der Waals surface area contributed by atoms with Gasteiger partial charge in [-0.05, 0) is 50.8 Å². The standard InChI is InChI=1S/C16H25N3O2/c20-14-6-11-18(12-7-14)9-2-8-17-16(21)15-3-1-10-19(15)13-4-5-13/h1,3,10,13-14,20H,2,4-9,11-12H2,(H,17,21). The maximum absolute atomic E-state index is 12.2. The summed E-state index contributed by atoms with van der Waals surface area (Å²) in [4.78, 5) is 14.5. The first kappa shape index (κ1) is 14.6. The monoisotopic (exact) mass is 291 g/mol. The number of piperidine rings is 1. The van der Waals surface area contributed by atoms with Gasteiger partial charge >= 0.3 is 0 Å². The van der Waals surface area contributed by atoms with Crippen LogP contribution in [-0.4, -0.2) is 52.8 Å². The van der Waals surface area contributed by atoms with Gasteiger partial charge in [0, 0.05) is 31.9 Å². The van der Waals surface area contributed by atoms with Gasteiger partial charge in [-0.2, -0.15) is 0 Å². The van der Waals surface area contributed by atoms with E-state index in [-0.39, 0.29) is 12.0 Å². The predicted molar refractivity (Wildman–Crippen MR) is 81.3 cm³/mol. The molecule has 3 rings (SSSR count). The summed E-state index contributed by atoms with van der Waals surface area (Å²) in [6.07, 6.45) is 6.99. The van der Waals surface area contributed by atoms with Crippen LogP contribution >= 0.6 is 0 Å². The van der Waals surface area contributed by atoms with Crippen LogP contribution in [0.25, 0.3) is 0 Å². The summed E-state index contributed by atoms with van der Waals surface area (Å²) in [7, 11) is 0. The van der Waals surface area contributed by atoms with Gasteiger partial charge < -0.3 is 19.9 Å². The molecule has 1 aromatic rings. The number of rotatable bonds is 6. The first-order chi connectivity index (χ1) is 10.2. The van der Waals surface area contributed by atoms with Crippen molar-refractivity contribution >= 4 is 5.91 Å². The average molecular weight is 291 g/mol. The van der Waals surface area contributed by atoms with Gasteiger partial charge in [0.15, 0.2) is 0 Å². The predicted octanol–water partition coefficient (Wildman–Crippen LogP) is 1.40. The number of nitrogens with zero attached hydrogens (tertiary/aromatic N) is 2. The molecule has 5 nitrogen and oxygen atoms in total. The second-order valence-electron chi connectivity index (χ2n) is 6.21. The summed E-state index contributed by atoms with van der Waals surface area (Å²) < 4.78 is 2.10. The van der Waals surface area contributed by atoms with Crippen LogP contribution in [0.5, 0.6) is 0 Å². The highest BCUT2D eigenvalue weighted by molar-refractivity contribution is 5.92. The molecule has 1 saturated heterocycles. The molecule has 0 spiro atoms. The lowest BCUT2D eigenvalue weighted by molar-refractivity contribution is 0.0816. The normalized spacial score (nSPS) is 20.6. The first-order valence-electron chi connectivity index (χ1n) is 8.09. The molecule has 0 unspecified atom stereocenters. The van der Waals surface area contributed by atoms with E-state index in [4.69, 9.17) is 0 Å². The van der Waals surface area contributed by atoms with Crippen LogP contribution in [0.3, 0.4) is 0 Å². The van der Waals surface area contributed by atoms with Crippen molar-refractivity contribution in [3.8, 4) is 0 Å². The van der Waals surface area contributed by atoms with Gasteiger partial charge in [0.05, 0.1) is 6.10 Å². The lowest BCUT2D eigenvalue weighted by atomic mass is 10.1. The van der Waals surface area contributed by atoms with E-state index in [1.54, 1.807) is 0 Å². The highest BCUT2D eigenvalue weighted by Gasteiger charge is 2.26. The number of carbonyl (C=O) groups excluding carboxylic acids is 1. The van der Waals surface area contributed by atoms with Gasteiger partial charge in [-0.15, -0.1) is 0 Å². The Morgan fingerprint density at radius 3 is 2.76 bits per heavy atom. The van der Waals surface area contributed by atoms with E-state index in [2.05, 4.69) is 14.8 Å². The first-order valence-corrected chi connectivity index (χ1v) is 8.09. The van der Waals surface area contributed by atoms with E-state index in [1.165, 1.54) is 12.8 Å². The SMILES string of the molecule is O=C(NCCCN1CCC(O)CC1)c1cccn1C1CC1. The molecule has 2 N–H and O–H groups in total. The summed E-state index contributed by atoms with van der Waals surface area (Å²) in [5, 5.41) is 12.5. The Morgan fingerprint density at radius 1 is 1.29 bits per heavy atom. The largest absolute Gasteiger partial charge is 0.393 e. The molecule has 116 valence electrons. The zero-order chi connectivity index (χ0) is 14.7. The smallest absolute Gasteiger partial charge is 0.267 e. The number of nitrogens with one attached hydrogen (secondary N) is 1. The second kappa shape index (κ2) is 6.62. The molecule has 0 radical (unpaired) electrons. The molecular weight excluding hydrogens is 266 g/mol. The molecule has 2 heterocycles. The van der Waals surface area contributed by atoms with Gasteiger partial charge in [-0.3, -0.25) is 4.79 Å². The summed E-state index contributed by atoms with van der Waals surface area (Å²) in [6.45, 7) is 3.66. The Balaban J connectivity index is 1.37. The average Bonchev–Trinajstić information content (AvgIpc) is 3.22. The number of likely N-dealkylation sites (tertiary alicyclic amines) is 1. The van der Waals surface area contributed by atoms with E-state index in [9.17, 15) is 9.90 Å². The van der Waals surface area contributed by atoms with Crippen LogP contribution < -0.4 is 5.32 Å². The molecule has 1 aliphatic carbocycles. The van der Waals surface area contributed by atoms with Crippen molar-refractivity contribution in [1.82, 2.24) is 14.8 Å². The fourth-order valence-electron chi connectivity index (χ4n) is 3.00. The molecule has 1 saturated carbocycles. The fraction of sp³-hybridized carbons (Fsp3) is 0.688. The molecule has 2 fully saturated rings. The van der Waals surface area contributed by atoms with Crippen molar-refractivity contribution in [2.45, 2.75) is 44.2 Å². The van der Waals surface area contributed by atoms with Gasteiger partial charge in [0.2, 0.25) is 0 Å². The maximum Gasteiger partial charge on any atom is 0.267 e. The number of amides is 1. The van der Waals surface area contributed by atoms with Crippen molar-refractivity contribution < 1.29 is 9.90 Å². The third-order valence-electron chi connectivity index (χ3n) is 4.45. The molecule has 21 heavy (non-hydrogen) atoms. The molecule has 5 heteroatoms. The lowest BCUT2D eigenvalue weighted by Crippen LogP contribution is -2.37. The quantitative estimate of drug-likeness (QED) is 0.779. The van der Waals surface area contributed by atoms with Crippen LogP contribution in [0.15, 0.2) is 18.3 Å². The second-order valence-corrected chi connectivity index (χ2v) is 6.21. The number of hydrogen-bond acceptors (Lipinski definition) is 3. The molecule has 1 aromatic heterocycles. The van der Waals surface area contributed by atoms with Crippen molar-refractivity contribution in [2.75, 3.05) is 26.2 Å². The Kier molecular flexibility index (Phi) is 4.60. The van der Waals surface area contributed by atoms with Crippen molar-refractivity contribution in [2.24, 2.45) is 0 Å². The fourth-order valence-corrected chi connectivity index (χ4v) is 3.00. The number of aromatic nitrogens is 1. The maximum atomic E-state index is 12.2. The van der Waals surface area contributed by atoms with Crippen LogP contribution in [0.1, 0.15) is 48.6 Å². The van der Waals surface area contributed by atoms with Gasteiger partial charge in [-0.25, -0.2) is 0 Å². The molecule has 1 aliphatic heterocycles. The molecule has 0 aromatic carbocycles. The number of hydrogen-bond donors (Lipinski definition) is 2. The van der Waals surface area contributed by atoms with Crippen molar-refractivity contribution in [1.29, 1.82) is 0 Å². The van der Waals surface area contributed by atoms with E-state index < -0.39 is 0 Å². The summed E-state index contributed by atoms with van der Waals surface area (Å²) in [5.41, 5.74) is 0.790. The molecule has 2 aliphatic rings. The zero-order valence-electron chi connectivity index (χ0n) is 12.5. The van der Waals surface area contributed by atoms with E-state index in [0.717, 1.165) is 44.6 Å². The van der Waals surface area contributed by atoms with E-state index >= 15 is 0 Å². The van der Waals surface area contributed by atoms with Crippen LogP contribution in [-0.2, 0) is 0 Å².